The minimum atomic E-state index is -0.449. The second-order valence-corrected chi connectivity index (χ2v) is 4.86. The van der Waals surface area contributed by atoms with Crippen molar-refractivity contribution >= 4 is 17.6 Å². The van der Waals surface area contributed by atoms with Gasteiger partial charge >= 0.3 is 5.97 Å². The zero-order valence-corrected chi connectivity index (χ0v) is 10.9. The van der Waals surface area contributed by atoms with Crippen molar-refractivity contribution in [2.45, 2.75) is 32.2 Å². The summed E-state index contributed by atoms with van der Waals surface area (Å²) in [6.07, 6.45) is 2.30. The number of nitrogens with two attached hydrogens (primary N) is 1. The molecule has 102 valence electrons. The Morgan fingerprint density at radius 2 is 2.11 bits per heavy atom. The smallest absolute Gasteiger partial charge is 0.338 e. The highest BCUT2D eigenvalue weighted by atomic mass is 16.5. The number of carbonyl (C=O) groups excluding carboxylic acids is 2. The van der Waals surface area contributed by atoms with Gasteiger partial charge in [-0.3, -0.25) is 4.79 Å². The van der Waals surface area contributed by atoms with E-state index in [0.29, 0.717) is 17.3 Å². The molecule has 0 spiro atoms. The summed E-state index contributed by atoms with van der Waals surface area (Å²) in [4.78, 5) is 23.2. The first-order valence-electron chi connectivity index (χ1n) is 6.38. The van der Waals surface area contributed by atoms with Gasteiger partial charge in [-0.1, -0.05) is 0 Å². The molecule has 0 aromatic heterocycles. The van der Waals surface area contributed by atoms with Crippen molar-refractivity contribution in [1.29, 1.82) is 0 Å². The fourth-order valence-electron chi connectivity index (χ4n) is 1.78. The number of amides is 1. The summed E-state index contributed by atoms with van der Waals surface area (Å²) < 4.78 is 5.06. The topological polar surface area (TPSA) is 81.4 Å². The first kappa shape index (κ1) is 13.4. The molecule has 1 aromatic rings. The number of rotatable bonds is 5. The van der Waals surface area contributed by atoms with Gasteiger partial charge in [0.25, 0.3) is 0 Å². The number of carbonyl (C=O) groups is 2. The third kappa shape index (κ3) is 4.28. The van der Waals surface area contributed by atoms with E-state index in [1.54, 1.807) is 18.2 Å². The Bertz CT molecular complexity index is 475. The molecule has 1 aromatic carbocycles. The average molecular weight is 262 g/mol. The summed E-state index contributed by atoms with van der Waals surface area (Å²) in [6, 6.07) is 5.39. The third-order valence-electron chi connectivity index (χ3n) is 2.84. The molecule has 19 heavy (non-hydrogen) atoms. The SMILES string of the molecule is Cc1cc(N)cc(C(=O)OCCC(=O)NC2CC2)c1. The Balaban J connectivity index is 1.78. The maximum Gasteiger partial charge on any atom is 0.338 e. The van der Waals surface area contributed by atoms with E-state index in [0.717, 1.165) is 18.4 Å². The Morgan fingerprint density at radius 3 is 2.74 bits per heavy atom. The largest absolute Gasteiger partial charge is 0.462 e. The van der Waals surface area contributed by atoms with Crippen LogP contribution in [0.5, 0.6) is 0 Å². The van der Waals surface area contributed by atoms with Crippen LogP contribution < -0.4 is 11.1 Å². The second kappa shape index (κ2) is 5.73. The molecule has 0 bridgehead atoms. The predicted octanol–water partition coefficient (Wildman–Crippen LogP) is 1.40. The van der Waals surface area contributed by atoms with Crippen LogP contribution in [0.1, 0.15) is 35.2 Å². The molecule has 3 N–H and O–H groups in total. The molecule has 0 heterocycles. The molecule has 1 fully saturated rings. The van der Waals surface area contributed by atoms with Crippen molar-refractivity contribution in [2.24, 2.45) is 0 Å². The first-order chi connectivity index (χ1) is 9.04. The van der Waals surface area contributed by atoms with Crippen molar-refractivity contribution in [3.05, 3.63) is 29.3 Å². The number of anilines is 1. The van der Waals surface area contributed by atoms with Crippen molar-refractivity contribution in [3.8, 4) is 0 Å². The van der Waals surface area contributed by atoms with E-state index in [1.165, 1.54) is 0 Å². The molecule has 0 radical (unpaired) electrons. The van der Waals surface area contributed by atoms with E-state index in [4.69, 9.17) is 10.5 Å². The molecular formula is C14H18N2O3. The summed E-state index contributed by atoms with van der Waals surface area (Å²) >= 11 is 0. The minimum Gasteiger partial charge on any atom is -0.462 e. The van der Waals surface area contributed by atoms with Crippen LogP contribution >= 0.6 is 0 Å². The number of nitrogens with one attached hydrogen (secondary N) is 1. The van der Waals surface area contributed by atoms with Crippen LogP contribution in [0, 0.1) is 6.92 Å². The van der Waals surface area contributed by atoms with E-state index < -0.39 is 5.97 Å². The Hall–Kier alpha value is -2.04. The lowest BCUT2D eigenvalue weighted by Crippen LogP contribution is -2.26. The molecule has 1 saturated carbocycles. The predicted molar refractivity (Wildman–Crippen MR) is 71.7 cm³/mol. The van der Waals surface area contributed by atoms with E-state index in [-0.39, 0.29) is 18.9 Å². The minimum absolute atomic E-state index is 0.0703. The van der Waals surface area contributed by atoms with Crippen LogP contribution in [0.25, 0.3) is 0 Å². The van der Waals surface area contributed by atoms with Gasteiger partial charge in [-0.15, -0.1) is 0 Å². The van der Waals surface area contributed by atoms with Crippen molar-refractivity contribution in [1.82, 2.24) is 5.32 Å². The number of benzene rings is 1. The molecule has 0 aliphatic heterocycles. The molecule has 1 amide bonds. The highest BCUT2D eigenvalue weighted by Gasteiger charge is 2.23. The number of aryl methyl sites for hydroxylation is 1. The van der Waals surface area contributed by atoms with Gasteiger partial charge in [-0.25, -0.2) is 4.79 Å². The molecular weight excluding hydrogens is 244 g/mol. The Morgan fingerprint density at radius 1 is 1.37 bits per heavy atom. The van der Waals surface area contributed by atoms with Crippen molar-refractivity contribution in [2.75, 3.05) is 12.3 Å². The van der Waals surface area contributed by atoms with Crippen LogP contribution in [0.15, 0.2) is 18.2 Å². The number of hydrogen-bond donors (Lipinski definition) is 2. The summed E-state index contributed by atoms with van der Waals surface area (Å²) in [5, 5.41) is 2.84. The van der Waals surface area contributed by atoms with E-state index in [9.17, 15) is 9.59 Å². The summed E-state index contributed by atoms with van der Waals surface area (Å²) in [5.41, 5.74) is 7.51. The van der Waals surface area contributed by atoms with Gasteiger partial charge in [-0.05, 0) is 43.5 Å². The van der Waals surface area contributed by atoms with E-state index in [1.807, 2.05) is 6.92 Å². The van der Waals surface area contributed by atoms with Crippen molar-refractivity contribution < 1.29 is 14.3 Å². The molecule has 0 saturated heterocycles. The molecule has 5 heteroatoms. The van der Waals surface area contributed by atoms with E-state index in [2.05, 4.69) is 5.32 Å². The monoisotopic (exact) mass is 262 g/mol. The number of hydrogen-bond acceptors (Lipinski definition) is 4. The van der Waals surface area contributed by atoms with Crippen LogP contribution in [-0.4, -0.2) is 24.5 Å². The van der Waals surface area contributed by atoms with Crippen LogP contribution in [-0.2, 0) is 9.53 Å². The lowest BCUT2D eigenvalue weighted by molar-refractivity contribution is -0.121. The third-order valence-corrected chi connectivity index (χ3v) is 2.84. The van der Waals surface area contributed by atoms with Crippen LogP contribution in [0.4, 0.5) is 5.69 Å². The molecule has 0 atom stereocenters. The number of ether oxygens (including phenoxy) is 1. The number of nitrogen functional groups attached to an aromatic ring is 1. The van der Waals surface area contributed by atoms with Gasteiger partial charge in [0.1, 0.15) is 6.61 Å². The lowest BCUT2D eigenvalue weighted by atomic mass is 10.1. The van der Waals surface area contributed by atoms with Gasteiger partial charge in [0, 0.05) is 11.7 Å². The zero-order chi connectivity index (χ0) is 13.8. The molecule has 1 aliphatic carbocycles. The summed E-state index contributed by atoms with van der Waals surface area (Å²) in [5.74, 6) is -0.520. The highest BCUT2D eigenvalue weighted by molar-refractivity contribution is 5.91. The normalized spacial score (nSPS) is 13.9. The maximum absolute atomic E-state index is 11.8. The van der Waals surface area contributed by atoms with E-state index >= 15 is 0 Å². The molecule has 2 rings (SSSR count). The summed E-state index contributed by atoms with van der Waals surface area (Å²) in [6.45, 7) is 1.95. The molecule has 0 unspecified atom stereocenters. The fraction of sp³-hybridized carbons (Fsp3) is 0.429. The van der Waals surface area contributed by atoms with Gasteiger partial charge < -0.3 is 15.8 Å². The standard InChI is InChI=1S/C14H18N2O3/c1-9-6-10(8-11(15)7-9)14(18)19-5-4-13(17)16-12-2-3-12/h6-8,12H,2-5,15H2,1H3,(H,16,17). The Labute approximate surface area is 112 Å². The highest BCUT2D eigenvalue weighted by Crippen LogP contribution is 2.18. The van der Waals surface area contributed by atoms with Gasteiger partial charge in [0.05, 0.1) is 12.0 Å². The fourth-order valence-corrected chi connectivity index (χ4v) is 1.78. The van der Waals surface area contributed by atoms with Crippen molar-refractivity contribution in [3.63, 3.8) is 0 Å². The summed E-state index contributed by atoms with van der Waals surface area (Å²) in [7, 11) is 0. The van der Waals surface area contributed by atoms with Gasteiger partial charge in [0.2, 0.25) is 5.91 Å². The molecule has 1 aliphatic rings. The zero-order valence-electron chi connectivity index (χ0n) is 10.9. The van der Waals surface area contributed by atoms with Gasteiger partial charge in [0.15, 0.2) is 0 Å². The average Bonchev–Trinajstić information content (AvgIpc) is 3.11. The van der Waals surface area contributed by atoms with Crippen LogP contribution in [0.2, 0.25) is 0 Å². The first-order valence-corrected chi connectivity index (χ1v) is 6.38. The quantitative estimate of drug-likeness (QED) is 0.621. The Kier molecular flexibility index (Phi) is 4.04. The lowest BCUT2D eigenvalue weighted by Gasteiger charge is -2.07. The second-order valence-electron chi connectivity index (χ2n) is 4.86. The van der Waals surface area contributed by atoms with Gasteiger partial charge in [-0.2, -0.15) is 0 Å². The number of esters is 1. The maximum atomic E-state index is 11.8. The molecule has 5 nitrogen and oxygen atoms in total. The van der Waals surface area contributed by atoms with Crippen LogP contribution in [0.3, 0.4) is 0 Å².